The van der Waals surface area contributed by atoms with E-state index in [2.05, 4.69) is 41.1 Å². The van der Waals surface area contributed by atoms with E-state index in [9.17, 15) is 0 Å². The van der Waals surface area contributed by atoms with E-state index in [1.165, 1.54) is 4.88 Å². The third-order valence-electron chi connectivity index (χ3n) is 3.21. The molecule has 106 valence electrons. The first-order valence-corrected chi connectivity index (χ1v) is 8.16. The third kappa shape index (κ3) is 3.01. The smallest absolute Gasteiger partial charge is 0.124 e. The number of rotatable bonds is 3. The van der Waals surface area contributed by atoms with Crippen LogP contribution in [0.15, 0.2) is 53.0 Å². The van der Waals surface area contributed by atoms with E-state index in [1.807, 2.05) is 30.3 Å². The lowest BCUT2D eigenvalue weighted by Crippen LogP contribution is -1.84. The number of aryl methyl sites for hydroxylation is 1. The normalized spacial score (nSPS) is 10.6. The van der Waals surface area contributed by atoms with Crippen LogP contribution in [-0.4, -0.2) is 12.1 Å². The summed E-state index contributed by atoms with van der Waals surface area (Å²) in [6.45, 7) is 2.11. The first-order valence-electron chi connectivity index (χ1n) is 6.55. The zero-order valence-corrected chi connectivity index (χ0v) is 14.2. The standard InChI is InChI=1S/C17H14BrNOS/c1-11-16(12-5-3-7-14(18)9-12)19-17(21-11)13-6-4-8-15(10-13)20-2/h3-10H,1-2H3. The molecule has 2 nitrogen and oxygen atoms in total. The van der Waals surface area contributed by atoms with Gasteiger partial charge < -0.3 is 4.74 Å². The number of benzene rings is 2. The van der Waals surface area contributed by atoms with Gasteiger partial charge in [0.05, 0.1) is 12.8 Å². The first kappa shape index (κ1) is 14.3. The van der Waals surface area contributed by atoms with E-state index in [4.69, 9.17) is 9.72 Å². The predicted molar refractivity (Wildman–Crippen MR) is 92.0 cm³/mol. The lowest BCUT2D eigenvalue weighted by atomic mass is 10.1. The molecular weight excluding hydrogens is 346 g/mol. The zero-order chi connectivity index (χ0) is 14.8. The summed E-state index contributed by atoms with van der Waals surface area (Å²) in [6, 6.07) is 16.2. The Hall–Kier alpha value is -1.65. The van der Waals surface area contributed by atoms with Crippen molar-refractivity contribution < 1.29 is 4.74 Å². The summed E-state index contributed by atoms with van der Waals surface area (Å²) in [4.78, 5) is 6.02. The van der Waals surface area contributed by atoms with Crippen LogP contribution in [0.25, 0.3) is 21.8 Å². The van der Waals surface area contributed by atoms with E-state index in [-0.39, 0.29) is 0 Å². The number of ether oxygens (including phenoxy) is 1. The molecule has 0 atom stereocenters. The van der Waals surface area contributed by atoms with Crippen LogP contribution in [0.4, 0.5) is 0 Å². The van der Waals surface area contributed by atoms with Crippen molar-refractivity contribution in [3.05, 3.63) is 57.9 Å². The molecule has 1 aromatic heterocycles. The summed E-state index contributed by atoms with van der Waals surface area (Å²) in [5.74, 6) is 0.851. The number of methoxy groups -OCH3 is 1. The fraction of sp³-hybridized carbons (Fsp3) is 0.118. The maximum Gasteiger partial charge on any atom is 0.124 e. The van der Waals surface area contributed by atoms with Crippen molar-refractivity contribution in [3.8, 4) is 27.6 Å². The van der Waals surface area contributed by atoms with Crippen LogP contribution in [0.1, 0.15) is 4.88 Å². The zero-order valence-electron chi connectivity index (χ0n) is 11.8. The van der Waals surface area contributed by atoms with Crippen molar-refractivity contribution in [1.82, 2.24) is 4.98 Å². The average Bonchev–Trinajstić information content (AvgIpc) is 2.89. The fourth-order valence-corrected chi connectivity index (χ4v) is 3.51. The first-order chi connectivity index (χ1) is 10.2. The molecule has 0 radical (unpaired) electrons. The van der Waals surface area contributed by atoms with E-state index < -0.39 is 0 Å². The lowest BCUT2D eigenvalue weighted by molar-refractivity contribution is 0.415. The molecule has 0 N–H and O–H groups in total. The molecule has 1 heterocycles. The van der Waals surface area contributed by atoms with Crippen LogP contribution >= 0.6 is 27.3 Å². The Bertz CT molecular complexity index is 782. The summed E-state index contributed by atoms with van der Waals surface area (Å²) >= 11 is 5.22. The van der Waals surface area contributed by atoms with E-state index in [0.29, 0.717) is 0 Å². The van der Waals surface area contributed by atoms with Gasteiger partial charge in [-0.25, -0.2) is 4.98 Å². The minimum atomic E-state index is 0.851. The van der Waals surface area contributed by atoms with E-state index in [0.717, 1.165) is 32.1 Å². The minimum Gasteiger partial charge on any atom is -0.497 e. The van der Waals surface area contributed by atoms with Crippen molar-refractivity contribution in [2.24, 2.45) is 0 Å². The topological polar surface area (TPSA) is 22.1 Å². The Balaban J connectivity index is 2.05. The number of hydrogen-bond donors (Lipinski definition) is 0. The molecule has 0 unspecified atom stereocenters. The van der Waals surface area contributed by atoms with Gasteiger partial charge in [0.25, 0.3) is 0 Å². The maximum absolute atomic E-state index is 5.28. The van der Waals surface area contributed by atoms with E-state index in [1.54, 1.807) is 18.4 Å². The van der Waals surface area contributed by atoms with Gasteiger partial charge in [0.1, 0.15) is 10.8 Å². The Morgan fingerprint density at radius 2 is 1.81 bits per heavy atom. The van der Waals surface area contributed by atoms with E-state index >= 15 is 0 Å². The molecule has 0 saturated carbocycles. The van der Waals surface area contributed by atoms with Crippen molar-refractivity contribution >= 4 is 27.3 Å². The number of halogens is 1. The summed E-state index contributed by atoms with van der Waals surface area (Å²) in [6.07, 6.45) is 0. The van der Waals surface area contributed by atoms with Gasteiger partial charge in [-0.05, 0) is 31.2 Å². The number of nitrogens with zero attached hydrogens (tertiary/aromatic N) is 1. The second-order valence-electron chi connectivity index (χ2n) is 4.67. The second kappa shape index (κ2) is 6.00. The molecule has 0 amide bonds. The monoisotopic (exact) mass is 359 g/mol. The number of thiazole rings is 1. The Labute approximate surface area is 136 Å². The SMILES string of the molecule is COc1cccc(-c2nc(-c3cccc(Br)c3)c(C)s2)c1. The molecule has 0 aliphatic rings. The van der Waals surface area contributed by atoms with Gasteiger partial charge in [-0.3, -0.25) is 0 Å². The number of aromatic nitrogens is 1. The number of hydrogen-bond acceptors (Lipinski definition) is 3. The second-order valence-corrected chi connectivity index (χ2v) is 6.78. The summed E-state index contributed by atoms with van der Waals surface area (Å²) in [5, 5.41) is 1.02. The summed E-state index contributed by atoms with van der Waals surface area (Å²) in [5.41, 5.74) is 3.26. The van der Waals surface area contributed by atoms with Crippen LogP contribution in [0.3, 0.4) is 0 Å². The Kier molecular flexibility index (Phi) is 4.08. The van der Waals surface area contributed by atoms with Crippen LogP contribution in [0.5, 0.6) is 5.75 Å². The van der Waals surface area contributed by atoms with Crippen molar-refractivity contribution in [3.63, 3.8) is 0 Å². The highest BCUT2D eigenvalue weighted by molar-refractivity contribution is 9.10. The van der Waals surface area contributed by atoms with Gasteiger partial charge in [0.15, 0.2) is 0 Å². The predicted octanol–water partition coefficient (Wildman–Crippen LogP) is 5.56. The largest absolute Gasteiger partial charge is 0.497 e. The highest BCUT2D eigenvalue weighted by Crippen LogP contribution is 2.35. The molecule has 3 rings (SSSR count). The molecule has 2 aromatic carbocycles. The molecule has 0 saturated heterocycles. The fourth-order valence-electron chi connectivity index (χ4n) is 2.18. The van der Waals surface area contributed by atoms with Crippen LogP contribution in [0.2, 0.25) is 0 Å². The van der Waals surface area contributed by atoms with Crippen molar-refractivity contribution in [2.75, 3.05) is 7.11 Å². The summed E-state index contributed by atoms with van der Waals surface area (Å²) in [7, 11) is 1.68. The highest BCUT2D eigenvalue weighted by Gasteiger charge is 2.12. The van der Waals surface area contributed by atoms with Gasteiger partial charge in [-0.1, -0.05) is 40.2 Å². The van der Waals surface area contributed by atoms with Gasteiger partial charge in [0, 0.05) is 20.5 Å². The molecule has 0 spiro atoms. The Morgan fingerprint density at radius 1 is 1.05 bits per heavy atom. The van der Waals surface area contributed by atoms with Crippen LogP contribution < -0.4 is 4.74 Å². The van der Waals surface area contributed by atoms with Gasteiger partial charge in [0.2, 0.25) is 0 Å². The quantitative estimate of drug-likeness (QED) is 0.610. The molecule has 0 bridgehead atoms. The molecule has 4 heteroatoms. The minimum absolute atomic E-state index is 0.851. The van der Waals surface area contributed by atoms with Gasteiger partial charge >= 0.3 is 0 Å². The Morgan fingerprint density at radius 3 is 2.57 bits per heavy atom. The summed E-state index contributed by atoms with van der Waals surface area (Å²) < 4.78 is 6.35. The van der Waals surface area contributed by atoms with Crippen LogP contribution in [-0.2, 0) is 0 Å². The molecular formula is C17H14BrNOS. The van der Waals surface area contributed by atoms with Gasteiger partial charge in [-0.15, -0.1) is 11.3 Å². The highest BCUT2D eigenvalue weighted by atomic mass is 79.9. The average molecular weight is 360 g/mol. The lowest BCUT2D eigenvalue weighted by Gasteiger charge is -2.01. The molecule has 0 aliphatic carbocycles. The molecule has 0 aliphatic heterocycles. The van der Waals surface area contributed by atoms with Crippen molar-refractivity contribution in [1.29, 1.82) is 0 Å². The maximum atomic E-state index is 5.28. The van der Waals surface area contributed by atoms with Crippen molar-refractivity contribution in [2.45, 2.75) is 6.92 Å². The molecule has 3 aromatic rings. The van der Waals surface area contributed by atoms with Crippen LogP contribution in [0, 0.1) is 6.92 Å². The third-order valence-corrected chi connectivity index (χ3v) is 4.72. The molecule has 0 fully saturated rings. The molecule has 21 heavy (non-hydrogen) atoms. The van der Waals surface area contributed by atoms with Gasteiger partial charge in [-0.2, -0.15) is 0 Å².